The minimum Gasteiger partial charge on any atom is -0.595 e. The SMILES string of the molecule is I.[CH2][C@H](CCC(=O)OC)N=C([O-])OC(C)(C)C.[Zn]. The zero-order valence-corrected chi connectivity index (χ0v) is 16.7. The maximum absolute atomic E-state index is 11.2. The van der Waals surface area contributed by atoms with E-state index in [9.17, 15) is 9.90 Å². The number of carbonyl (C=O) groups excluding carboxylic acids is 1. The second-order valence-corrected chi connectivity index (χ2v) is 4.38. The molecule has 0 N–H and O–H groups in total. The molecule has 103 valence electrons. The van der Waals surface area contributed by atoms with Gasteiger partial charge in [-0.1, -0.05) is 20.8 Å². The van der Waals surface area contributed by atoms with Crippen molar-refractivity contribution in [3.8, 4) is 0 Å². The monoisotopic (exact) mass is 421 g/mol. The summed E-state index contributed by atoms with van der Waals surface area (Å²) in [6, 6.07) is -0.492. The molecule has 0 saturated heterocycles. The van der Waals surface area contributed by atoms with Gasteiger partial charge in [-0.3, -0.25) is 9.79 Å². The quantitative estimate of drug-likeness (QED) is 0.225. The molecule has 18 heavy (non-hydrogen) atoms. The summed E-state index contributed by atoms with van der Waals surface area (Å²) in [5.74, 6) is -0.340. The summed E-state index contributed by atoms with van der Waals surface area (Å²) in [6.07, 6.45) is -0.0968. The molecule has 0 amide bonds. The summed E-state index contributed by atoms with van der Waals surface area (Å²) >= 11 is 0. The molecule has 0 unspecified atom stereocenters. The molecular weight excluding hydrogens is 402 g/mol. The van der Waals surface area contributed by atoms with Crippen LogP contribution in [-0.2, 0) is 33.7 Å². The molecule has 0 rings (SSSR count). The average Bonchev–Trinajstić information content (AvgIpc) is 2.10. The van der Waals surface area contributed by atoms with Crippen molar-refractivity contribution >= 4 is 36.0 Å². The van der Waals surface area contributed by atoms with E-state index in [1.807, 2.05) is 0 Å². The Morgan fingerprint density at radius 2 is 1.94 bits per heavy atom. The molecular formula is C11H20INO4Zn-. The third-order valence-corrected chi connectivity index (χ3v) is 1.59. The topological polar surface area (TPSA) is 71.0 Å². The molecule has 1 atom stereocenters. The van der Waals surface area contributed by atoms with Gasteiger partial charge in [0.05, 0.1) is 13.2 Å². The van der Waals surface area contributed by atoms with Crippen LogP contribution in [0.3, 0.4) is 0 Å². The smallest absolute Gasteiger partial charge is 0.305 e. The number of carbonyl (C=O) groups is 1. The van der Waals surface area contributed by atoms with Crippen molar-refractivity contribution in [2.75, 3.05) is 7.11 Å². The summed E-state index contributed by atoms with van der Waals surface area (Å²) in [4.78, 5) is 14.5. The first kappa shape index (κ1) is 23.2. The Morgan fingerprint density at radius 3 is 2.33 bits per heavy atom. The van der Waals surface area contributed by atoms with Crippen LogP contribution in [0.25, 0.3) is 0 Å². The van der Waals surface area contributed by atoms with Crippen molar-refractivity contribution in [3.63, 3.8) is 0 Å². The molecule has 0 aromatic heterocycles. The summed E-state index contributed by atoms with van der Waals surface area (Å²) < 4.78 is 9.44. The fraction of sp³-hybridized carbons (Fsp3) is 0.727. The molecule has 0 aliphatic heterocycles. The zero-order valence-electron chi connectivity index (χ0n) is 11.4. The number of hydrogen-bond donors (Lipinski definition) is 0. The molecule has 0 aliphatic rings. The number of aliphatic imine (C=N–C) groups is 1. The van der Waals surface area contributed by atoms with Gasteiger partial charge in [0.2, 0.25) is 0 Å². The molecule has 0 aromatic carbocycles. The van der Waals surface area contributed by atoms with E-state index in [4.69, 9.17) is 4.74 Å². The zero-order chi connectivity index (χ0) is 12.8. The van der Waals surface area contributed by atoms with Gasteiger partial charge >= 0.3 is 5.97 Å². The molecule has 0 fully saturated rings. The average molecular weight is 423 g/mol. The Hall–Kier alpha value is 0.0934. The third kappa shape index (κ3) is 14.2. The van der Waals surface area contributed by atoms with Gasteiger partial charge in [-0.15, -0.1) is 24.0 Å². The van der Waals surface area contributed by atoms with Gasteiger partial charge in [0, 0.05) is 31.5 Å². The van der Waals surface area contributed by atoms with Crippen LogP contribution < -0.4 is 5.11 Å². The molecule has 5 nitrogen and oxygen atoms in total. The summed E-state index contributed by atoms with van der Waals surface area (Å²) in [5.41, 5.74) is -0.567. The van der Waals surface area contributed by atoms with Crippen LogP contribution in [0.4, 0.5) is 0 Å². The second kappa shape index (κ2) is 11.0. The predicted molar refractivity (Wildman–Crippen MR) is 74.1 cm³/mol. The largest absolute Gasteiger partial charge is 0.595 e. The van der Waals surface area contributed by atoms with Crippen molar-refractivity contribution in [1.82, 2.24) is 0 Å². The van der Waals surface area contributed by atoms with E-state index in [1.54, 1.807) is 20.8 Å². The second-order valence-electron chi connectivity index (χ2n) is 4.38. The first-order valence-corrected chi connectivity index (χ1v) is 5.08. The number of esters is 1. The third-order valence-electron chi connectivity index (χ3n) is 1.59. The van der Waals surface area contributed by atoms with Crippen LogP contribution in [0.5, 0.6) is 0 Å². The minimum atomic E-state index is -0.655. The van der Waals surface area contributed by atoms with Crippen molar-refractivity contribution < 1.29 is 38.9 Å². The van der Waals surface area contributed by atoms with E-state index >= 15 is 0 Å². The van der Waals surface area contributed by atoms with Gasteiger partial charge in [0.25, 0.3) is 0 Å². The summed E-state index contributed by atoms with van der Waals surface area (Å²) in [5, 5.41) is 11.2. The normalized spacial score (nSPS) is 12.8. The van der Waals surface area contributed by atoms with Crippen LogP contribution >= 0.6 is 24.0 Å². The molecule has 0 spiro atoms. The molecule has 0 bridgehead atoms. The van der Waals surface area contributed by atoms with Crippen LogP contribution in [0.2, 0.25) is 0 Å². The summed E-state index contributed by atoms with van der Waals surface area (Å²) in [7, 11) is 1.31. The Bertz CT molecular complexity index is 266. The van der Waals surface area contributed by atoms with E-state index in [0.717, 1.165) is 0 Å². The fourth-order valence-electron chi connectivity index (χ4n) is 0.888. The molecule has 7 heteroatoms. The number of ether oxygens (including phenoxy) is 2. The van der Waals surface area contributed by atoms with Crippen LogP contribution in [-0.4, -0.2) is 30.8 Å². The van der Waals surface area contributed by atoms with Crippen molar-refractivity contribution in [1.29, 1.82) is 0 Å². The van der Waals surface area contributed by atoms with Gasteiger partial charge in [0.1, 0.15) is 6.08 Å². The molecule has 0 saturated carbocycles. The van der Waals surface area contributed by atoms with E-state index in [2.05, 4.69) is 16.7 Å². The molecule has 0 heterocycles. The number of rotatable bonds is 4. The van der Waals surface area contributed by atoms with Crippen molar-refractivity contribution in [2.45, 2.75) is 45.3 Å². The Morgan fingerprint density at radius 1 is 1.44 bits per heavy atom. The molecule has 1 radical (unpaired) electrons. The van der Waals surface area contributed by atoms with Crippen molar-refractivity contribution in [2.24, 2.45) is 4.99 Å². The Balaban J connectivity index is -0.00000112. The van der Waals surface area contributed by atoms with E-state index in [0.29, 0.717) is 6.42 Å². The van der Waals surface area contributed by atoms with E-state index in [1.165, 1.54) is 7.11 Å². The van der Waals surface area contributed by atoms with Crippen molar-refractivity contribution in [3.05, 3.63) is 6.92 Å². The van der Waals surface area contributed by atoms with Gasteiger partial charge in [-0.2, -0.15) is 0 Å². The van der Waals surface area contributed by atoms with Gasteiger partial charge < -0.3 is 14.6 Å². The first-order chi connectivity index (χ1) is 7.24. The van der Waals surface area contributed by atoms with Crippen LogP contribution in [0.15, 0.2) is 4.99 Å². The van der Waals surface area contributed by atoms with Gasteiger partial charge in [-0.25, -0.2) is 0 Å². The predicted octanol–water partition coefficient (Wildman–Crippen LogP) is 1.29. The van der Waals surface area contributed by atoms with Gasteiger partial charge in [-0.05, 0) is 13.3 Å². The molecule has 0 aromatic rings. The maximum atomic E-state index is 11.2. The minimum absolute atomic E-state index is 0. The molecule has 0 aliphatic carbocycles. The maximum Gasteiger partial charge on any atom is 0.305 e. The van der Waals surface area contributed by atoms with Gasteiger partial charge in [0.15, 0.2) is 0 Å². The van der Waals surface area contributed by atoms with Crippen LogP contribution in [0, 0.1) is 6.92 Å². The Labute approximate surface area is 138 Å². The number of halogens is 1. The Kier molecular flexibility index (Phi) is 14.1. The number of nitrogens with zero attached hydrogens (tertiary/aromatic N) is 1. The standard InChI is InChI=1S/C11H20NO4.HI.Zn/c1-8(6-7-9(13)15-5)12-10(14)16-11(2,3)4;;/h8H,1,6-7H2,2-5H3,(H,12,14);1H;/p-1/t8-;;/m1../s1. The fourth-order valence-corrected chi connectivity index (χ4v) is 0.888. The summed E-state index contributed by atoms with van der Waals surface area (Å²) in [6.45, 7) is 8.91. The van der Waals surface area contributed by atoms with E-state index in [-0.39, 0.29) is 55.8 Å². The first-order valence-electron chi connectivity index (χ1n) is 5.08. The number of methoxy groups -OCH3 is 1. The van der Waals surface area contributed by atoms with Crippen LogP contribution in [0.1, 0.15) is 33.6 Å². The number of hydrogen-bond acceptors (Lipinski definition) is 5. The van der Waals surface area contributed by atoms with E-state index < -0.39 is 17.7 Å².